The minimum absolute atomic E-state index is 0.0153. The van der Waals surface area contributed by atoms with Crippen LogP contribution in [0.4, 0.5) is 5.69 Å². The summed E-state index contributed by atoms with van der Waals surface area (Å²) >= 11 is 6.62. The van der Waals surface area contributed by atoms with Gasteiger partial charge < -0.3 is 19.3 Å². The van der Waals surface area contributed by atoms with E-state index < -0.39 is 5.92 Å². The fourth-order valence-electron chi connectivity index (χ4n) is 5.42. The van der Waals surface area contributed by atoms with E-state index in [1.807, 2.05) is 30.3 Å². The lowest BCUT2D eigenvalue weighted by Crippen LogP contribution is -2.42. The predicted molar refractivity (Wildman–Crippen MR) is 145 cm³/mol. The zero-order valence-corrected chi connectivity index (χ0v) is 21.4. The maximum Gasteiger partial charge on any atom is 0.231 e. The number of amidine groups is 1. The Labute approximate surface area is 225 Å². The van der Waals surface area contributed by atoms with Gasteiger partial charge >= 0.3 is 0 Å². The van der Waals surface area contributed by atoms with Crippen LogP contribution in [0.2, 0.25) is 5.02 Å². The lowest BCUT2D eigenvalue weighted by Gasteiger charge is -2.42. The molecule has 1 aliphatic carbocycles. The Balaban J connectivity index is 1.64. The molecule has 8 heteroatoms. The summed E-state index contributed by atoms with van der Waals surface area (Å²) in [5, 5.41) is 21.7. The predicted octanol–water partition coefficient (Wildman–Crippen LogP) is 6.63. The highest BCUT2D eigenvalue weighted by Crippen LogP contribution is 2.50. The van der Waals surface area contributed by atoms with Gasteiger partial charge in [0.25, 0.3) is 0 Å². The van der Waals surface area contributed by atoms with Crippen molar-refractivity contribution in [3.8, 4) is 17.2 Å². The van der Waals surface area contributed by atoms with Crippen molar-refractivity contribution in [2.75, 3.05) is 18.8 Å². The van der Waals surface area contributed by atoms with Crippen molar-refractivity contribution in [2.24, 2.45) is 0 Å². The van der Waals surface area contributed by atoms with Crippen LogP contribution in [0, 0.1) is 5.41 Å². The van der Waals surface area contributed by atoms with Crippen LogP contribution in [0.5, 0.6) is 17.2 Å². The summed E-state index contributed by atoms with van der Waals surface area (Å²) in [7, 11) is 1.57. The van der Waals surface area contributed by atoms with Gasteiger partial charge in [0.1, 0.15) is 17.3 Å². The quantitative estimate of drug-likeness (QED) is 0.369. The first-order valence-corrected chi connectivity index (χ1v) is 12.7. The van der Waals surface area contributed by atoms with Gasteiger partial charge in [-0.15, -0.1) is 0 Å². The van der Waals surface area contributed by atoms with Crippen molar-refractivity contribution in [3.05, 3.63) is 99.7 Å². The van der Waals surface area contributed by atoms with Gasteiger partial charge in [-0.1, -0.05) is 29.8 Å². The average Bonchev–Trinajstić information content (AvgIpc) is 3.41. The molecule has 0 bridgehead atoms. The molecule has 0 fully saturated rings. The standard InChI is InChI=1S/C30H25ClN2O5/c1-36-19-12-9-17(10-13-19)29(35)28-26(18-11-14-24-25(15-18)38-16-37-24)27-22(7-4-8-23(27)34)33(30(28)32)21-6-3-2-5-20(21)31/h2-3,5-6,9-15,26,32,35H,4,7-8,16H2,1H3/b29-28+,32-30?. The minimum Gasteiger partial charge on any atom is -0.507 e. The lowest BCUT2D eigenvalue weighted by atomic mass is 9.73. The summed E-state index contributed by atoms with van der Waals surface area (Å²) < 4.78 is 16.4. The van der Waals surface area contributed by atoms with Gasteiger partial charge in [-0.25, -0.2) is 0 Å². The van der Waals surface area contributed by atoms with Crippen molar-refractivity contribution in [2.45, 2.75) is 25.2 Å². The summed E-state index contributed by atoms with van der Waals surface area (Å²) in [4.78, 5) is 15.4. The topological polar surface area (TPSA) is 92.1 Å². The molecule has 0 saturated heterocycles. The lowest BCUT2D eigenvalue weighted by molar-refractivity contribution is -0.116. The summed E-state index contributed by atoms with van der Waals surface area (Å²) in [6.45, 7) is 0.117. The van der Waals surface area contributed by atoms with Gasteiger partial charge in [-0.3, -0.25) is 15.1 Å². The largest absolute Gasteiger partial charge is 0.507 e. The summed E-state index contributed by atoms with van der Waals surface area (Å²) in [5.74, 6) is 1.09. The van der Waals surface area contributed by atoms with Crippen molar-refractivity contribution in [3.63, 3.8) is 0 Å². The summed E-state index contributed by atoms with van der Waals surface area (Å²) in [6, 6.07) is 19.7. The van der Waals surface area contributed by atoms with Gasteiger partial charge in [0.15, 0.2) is 17.3 Å². The van der Waals surface area contributed by atoms with Crippen LogP contribution >= 0.6 is 11.6 Å². The van der Waals surface area contributed by atoms with Crippen LogP contribution in [-0.4, -0.2) is 30.6 Å². The van der Waals surface area contributed by atoms with Crippen LogP contribution in [0.1, 0.15) is 36.3 Å². The van der Waals surface area contributed by atoms with E-state index in [9.17, 15) is 15.3 Å². The fourth-order valence-corrected chi connectivity index (χ4v) is 5.64. The second-order valence-corrected chi connectivity index (χ2v) is 9.72. The van der Waals surface area contributed by atoms with E-state index in [0.29, 0.717) is 63.9 Å². The van der Waals surface area contributed by atoms with Crippen molar-refractivity contribution in [1.29, 1.82) is 5.41 Å². The number of nitrogens with zero attached hydrogens (tertiary/aromatic N) is 1. The maximum atomic E-state index is 13.6. The van der Waals surface area contributed by atoms with E-state index in [0.717, 1.165) is 11.3 Å². The van der Waals surface area contributed by atoms with Gasteiger partial charge in [0.2, 0.25) is 6.79 Å². The third-order valence-corrected chi connectivity index (χ3v) is 7.52. The maximum absolute atomic E-state index is 13.6. The SMILES string of the molecule is COc1ccc(/C(O)=C2\C(=N)N(c3ccccc3Cl)C3=C(C(=O)CCC3)C2c2ccc3c(c2)OCO3)cc1. The number of ketones is 1. The Bertz CT molecular complexity index is 1530. The molecule has 2 aliphatic heterocycles. The van der Waals surface area contributed by atoms with Gasteiger partial charge in [0, 0.05) is 34.7 Å². The molecular weight excluding hydrogens is 504 g/mol. The van der Waals surface area contributed by atoms with E-state index >= 15 is 0 Å². The number of anilines is 1. The number of hydrogen-bond acceptors (Lipinski definition) is 6. The van der Waals surface area contributed by atoms with E-state index in [2.05, 4.69) is 0 Å². The number of fused-ring (bicyclic) bond motifs is 1. The molecule has 1 atom stereocenters. The first-order chi connectivity index (χ1) is 18.5. The Kier molecular flexibility index (Phi) is 6.08. The number of hydrogen-bond donors (Lipinski definition) is 2. The van der Waals surface area contributed by atoms with Gasteiger partial charge in [0.05, 0.1) is 17.8 Å². The number of Topliss-reactive ketones (excluding diaryl/α,β-unsaturated/α-hetero) is 1. The van der Waals surface area contributed by atoms with E-state index in [1.54, 1.807) is 48.4 Å². The molecule has 0 radical (unpaired) electrons. The molecule has 2 heterocycles. The highest BCUT2D eigenvalue weighted by molar-refractivity contribution is 6.34. The molecule has 3 aromatic rings. The number of ether oxygens (including phenoxy) is 3. The normalized spacial score (nSPS) is 19.9. The van der Waals surface area contributed by atoms with Crippen LogP contribution in [0.25, 0.3) is 5.76 Å². The Morgan fingerprint density at radius 3 is 2.58 bits per heavy atom. The molecule has 0 amide bonds. The fraction of sp³-hybridized carbons (Fsp3) is 0.200. The number of halogens is 1. The van der Waals surface area contributed by atoms with E-state index in [4.69, 9.17) is 25.8 Å². The molecule has 2 N–H and O–H groups in total. The smallest absolute Gasteiger partial charge is 0.231 e. The van der Waals surface area contributed by atoms with Crippen LogP contribution in [0.15, 0.2) is 83.6 Å². The first-order valence-electron chi connectivity index (χ1n) is 12.3. The molecule has 1 unspecified atom stereocenters. The number of aliphatic hydroxyl groups is 1. The average molecular weight is 529 g/mol. The number of allylic oxidation sites excluding steroid dienone is 2. The van der Waals surface area contributed by atoms with Crippen molar-refractivity contribution < 1.29 is 24.1 Å². The van der Waals surface area contributed by atoms with E-state index in [-0.39, 0.29) is 24.2 Å². The molecule has 6 rings (SSSR count). The highest BCUT2D eigenvalue weighted by Gasteiger charge is 2.44. The number of carbonyl (C=O) groups is 1. The van der Waals surface area contributed by atoms with Crippen LogP contribution < -0.4 is 19.1 Å². The zero-order chi connectivity index (χ0) is 26.4. The number of nitrogens with one attached hydrogen (secondary N) is 1. The number of rotatable bonds is 4. The molecule has 38 heavy (non-hydrogen) atoms. The molecule has 3 aromatic carbocycles. The number of methoxy groups -OCH3 is 1. The van der Waals surface area contributed by atoms with Crippen molar-refractivity contribution >= 4 is 34.7 Å². The molecule has 192 valence electrons. The molecule has 0 saturated carbocycles. The molecular formula is C30H25ClN2O5. The summed E-state index contributed by atoms with van der Waals surface area (Å²) in [6.07, 6.45) is 1.66. The Morgan fingerprint density at radius 1 is 1.05 bits per heavy atom. The molecule has 0 aromatic heterocycles. The first kappa shape index (κ1) is 24.1. The van der Waals surface area contributed by atoms with Crippen LogP contribution in [-0.2, 0) is 4.79 Å². The second kappa shape index (κ2) is 9.58. The summed E-state index contributed by atoms with van der Waals surface area (Å²) in [5.41, 5.74) is 3.42. The number of benzene rings is 3. The molecule has 0 spiro atoms. The monoisotopic (exact) mass is 528 g/mol. The molecule has 3 aliphatic rings. The molecule has 7 nitrogen and oxygen atoms in total. The van der Waals surface area contributed by atoms with Crippen molar-refractivity contribution in [1.82, 2.24) is 0 Å². The zero-order valence-electron chi connectivity index (χ0n) is 20.7. The van der Waals surface area contributed by atoms with Crippen LogP contribution in [0.3, 0.4) is 0 Å². The van der Waals surface area contributed by atoms with Gasteiger partial charge in [-0.05, 0) is 66.9 Å². The number of aliphatic hydroxyl groups excluding tert-OH is 1. The Morgan fingerprint density at radius 2 is 1.82 bits per heavy atom. The minimum atomic E-state index is -0.680. The number of carbonyl (C=O) groups excluding carboxylic acids is 1. The second-order valence-electron chi connectivity index (χ2n) is 9.31. The highest BCUT2D eigenvalue weighted by atomic mass is 35.5. The third kappa shape index (κ3) is 3.90. The van der Waals surface area contributed by atoms with Gasteiger partial charge in [-0.2, -0.15) is 0 Å². The number of para-hydroxylation sites is 1. The Hall–Kier alpha value is -4.23. The third-order valence-electron chi connectivity index (χ3n) is 7.20. The van der Waals surface area contributed by atoms with E-state index in [1.165, 1.54) is 0 Å².